The van der Waals surface area contributed by atoms with Gasteiger partial charge in [0.25, 0.3) is 0 Å². The Morgan fingerprint density at radius 2 is 0.750 bits per heavy atom. The second kappa shape index (κ2) is 19.0. The van der Waals surface area contributed by atoms with Gasteiger partial charge in [-0.1, -0.05) is 0 Å². The minimum Gasteiger partial charge on any atom is -1.00 e. The molecule has 0 aliphatic heterocycles. The summed E-state index contributed by atoms with van der Waals surface area (Å²) >= 11 is 7.33. The maximum Gasteiger partial charge on any atom is 0 e. The quantitative estimate of drug-likeness (QED) is 0.395. The van der Waals surface area contributed by atoms with E-state index in [1.807, 2.05) is 0 Å². The molecule has 0 aliphatic rings. The predicted molar refractivity (Wildman–Crippen MR) is 14.7 cm³/mol. The molecule has 0 bridgehead atoms. The summed E-state index contributed by atoms with van der Waals surface area (Å²) in [5, 5.41) is 0. The topological polar surface area (TPSA) is 0 Å². The molecule has 0 rings (SSSR count). The number of rotatable bonds is 0. The van der Waals surface area contributed by atoms with Crippen LogP contribution in [0.5, 0.6) is 0 Å². The average molecular weight is 426 g/mol. The van der Waals surface area contributed by atoms with Crippen LogP contribution in [-0.2, 0) is 68.1 Å². The summed E-state index contributed by atoms with van der Waals surface area (Å²) in [4.78, 5) is 0. The molecule has 0 amide bonds. The molecule has 0 fully saturated rings. The Bertz CT molecular complexity index is 4.00. The predicted octanol–water partition coefficient (Wildman–Crippen LogP) is -0.00980. The van der Waals surface area contributed by atoms with Gasteiger partial charge >= 0.3 is 0 Å². The van der Waals surface area contributed by atoms with E-state index in [1.165, 1.54) is 0 Å². The van der Waals surface area contributed by atoms with Crippen LogP contribution in [0.3, 0.4) is 0 Å². The van der Waals surface area contributed by atoms with Crippen molar-refractivity contribution in [2.24, 2.45) is 0 Å². The zero-order valence-corrected chi connectivity index (χ0v) is 9.77. The first kappa shape index (κ1) is 16.4. The average Bonchev–Trinajstić information content (AvgIpc) is 1.00. The first-order valence-electron chi connectivity index (χ1n) is 0.167. The van der Waals surface area contributed by atoms with E-state index in [9.17, 15) is 0 Å². The molecule has 0 aliphatic carbocycles. The fourth-order valence-corrected chi connectivity index (χ4v) is 0. The summed E-state index contributed by atoms with van der Waals surface area (Å²) in [6, 6.07) is 0. The van der Waals surface area contributed by atoms with E-state index in [1.54, 1.807) is 0 Å². The van der Waals surface area contributed by atoms with Crippen molar-refractivity contribution in [2.45, 2.75) is 0 Å². The summed E-state index contributed by atoms with van der Waals surface area (Å²) in [6.07, 6.45) is 0. The molecule has 2 radical (unpaired) electrons. The van der Waals surface area contributed by atoms with Gasteiger partial charge < -0.3 is 23.3 Å². The van der Waals surface area contributed by atoms with Gasteiger partial charge in [0.05, 0.1) is 0 Å². The molecular weight excluding hydrogens is 426 g/mol. The normalized spacial score (nSPS) is 1.50. The Morgan fingerprint density at radius 1 is 0.750 bits per heavy atom. The molecule has 4 heteroatoms. The van der Waals surface area contributed by atoms with Crippen LogP contribution in [0.25, 0.3) is 0 Å². The van der Waals surface area contributed by atoms with Crippen LogP contribution in [0.4, 0.5) is 0 Å². The van der Waals surface area contributed by atoms with Crippen molar-refractivity contribution in [3.63, 3.8) is 0 Å². The van der Waals surface area contributed by atoms with E-state index in [0.29, 0.717) is 0 Å². The summed E-state index contributed by atoms with van der Waals surface area (Å²) in [6.45, 7) is 0. The van der Waals surface area contributed by atoms with Gasteiger partial charge in [-0.25, -0.2) is 0 Å². The van der Waals surface area contributed by atoms with Crippen molar-refractivity contribution in [3.8, 4) is 0 Å². The minimum absolute atomic E-state index is 0. The summed E-state index contributed by atoms with van der Waals surface area (Å²) < 4.78 is 0. The van der Waals surface area contributed by atoms with Crippen molar-refractivity contribution in [1.82, 2.24) is 0 Å². The summed E-state index contributed by atoms with van der Waals surface area (Å²) in [7, 11) is 0. The zero-order chi connectivity index (χ0) is 2.00. The Hall–Kier alpha value is 2.18. The van der Waals surface area contributed by atoms with Crippen molar-refractivity contribution >= 4 is 23.3 Å². The van der Waals surface area contributed by atoms with Gasteiger partial charge in [-0.3, -0.25) is 0 Å². The minimum atomic E-state index is 0. The van der Waals surface area contributed by atoms with Crippen molar-refractivity contribution in [3.05, 3.63) is 0 Å². The largest absolute Gasteiger partial charge is 1.00 e. The van der Waals surface area contributed by atoms with Gasteiger partial charge in [0.15, 0.2) is 0 Å². The third-order valence-electron chi connectivity index (χ3n) is 0. The van der Waals surface area contributed by atoms with Crippen LogP contribution < -0.4 is 0 Å². The fourth-order valence-electron chi connectivity index (χ4n) is 0. The van der Waals surface area contributed by atoms with Crippen LogP contribution in [0, 0.1) is 0 Å². The molecule has 0 unspecified atom stereocenters. The molecule has 0 saturated carbocycles. The maximum atomic E-state index is 3.67. The van der Waals surface area contributed by atoms with E-state index in [4.69, 9.17) is 0 Å². The molecule has 0 N–H and O–H groups in total. The van der Waals surface area contributed by atoms with Crippen molar-refractivity contribution in [2.75, 3.05) is 0 Å². The molecule has 0 spiro atoms. The Kier molecular flexibility index (Phi) is 78.1. The van der Waals surface area contributed by atoms with E-state index in [2.05, 4.69) is 23.3 Å². The summed E-state index contributed by atoms with van der Waals surface area (Å²) in [5.74, 6) is 0. The first-order valence-corrected chi connectivity index (χ1v) is 1.50. The number of hydrogen-bond acceptors (Lipinski definition) is 2. The third-order valence-corrected chi connectivity index (χ3v) is 0. The smallest absolute Gasteiger partial charge is 0 e. The second-order valence-electron chi connectivity index (χ2n) is 0. The van der Waals surface area contributed by atoms with E-state index in [-0.39, 0.29) is 44.8 Å². The van der Waals surface area contributed by atoms with Gasteiger partial charge in [-0.2, -0.15) is 0 Å². The maximum absolute atomic E-state index is 3.67. The number of hydrogen-bond donors (Lipinski definition) is 0. The van der Waals surface area contributed by atoms with Gasteiger partial charge in [-0.15, -0.1) is 0 Å². The monoisotopic (exact) mass is 426 g/mol. The van der Waals surface area contributed by atoms with E-state index in [0.717, 1.165) is 0 Å². The van der Waals surface area contributed by atoms with Crippen molar-refractivity contribution in [1.29, 1.82) is 0 Å². The standard InChI is InChI=1S/S2.2Ta/c1-2;;/q-2;;. The van der Waals surface area contributed by atoms with Gasteiger partial charge in [0.1, 0.15) is 0 Å². The van der Waals surface area contributed by atoms with Crippen LogP contribution >= 0.6 is 0 Å². The Labute approximate surface area is 67.4 Å². The summed E-state index contributed by atoms with van der Waals surface area (Å²) in [5.41, 5.74) is 0. The first-order chi connectivity index (χ1) is 1.00. The van der Waals surface area contributed by atoms with Gasteiger partial charge in [0, 0.05) is 44.8 Å². The second-order valence-corrected chi connectivity index (χ2v) is 0. The Morgan fingerprint density at radius 3 is 0.750 bits per heavy atom. The van der Waals surface area contributed by atoms with Crippen LogP contribution in [0.2, 0.25) is 0 Å². The molecule has 0 atom stereocenters. The van der Waals surface area contributed by atoms with E-state index >= 15 is 0 Å². The molecule has 0 aromatic rings. The fraction of sp³-hybridized carbons (Fsp3) is 0. The molecule has 0 nitrogen and oxygen atoms in total. The molecule has 0 saturated heterocycles. The molecular formula is S2Ta2-2. The third kappa shape index (κ3) is 8.89. The Balaban J connectivity index is -0.00000000500. The van der Waals surface area contributed by atoms with E-state index < -0.39 is 0 Å². The van der Waals surface area contributed by atoms with Crippen LogP contribution in [0.15, 0.2) is 0 Å². The van der Waals surface area contributed by atoms with Crippen LogP contribution in [-0.4, -0.2) is 0 Å². The molecule has 0 aromatic carbocycles. The molecule has 0 heterocycles. The van der Waals surface area contributed by atoms with Crippen LogP contribution in [0.1, 0.15) is 0 Å². The van der Waals surface area contributed by atoms with Gasteiger partial charge in [0.2, 0.25) is 0 Å². The molecule has 24 valence electrons. The molecule has 4 heavy (non-hydrogen) atoms. The SMILES string of the molecule is [S-][S-].[Ta].[Ta]. The molecule has 0 aromatic heterocycles. The van der Waals surface area contributed by atoms with Gasteiger partial charge in [-0.05, 0) is 0 Å². The zero-order valence-electron chi connectivity index (χ0n) is 1.71. The van der Waals surface area contributed by atoms with Crippen molar-refractivity contribution < 1.29 is 44.8 Å².